The molecule has 1 aromatic heterocycles. The van der Waals surface area contributed by atoms with Crippen molar-refractivity contribution >= 4 is 11.8 Å². The molecule has 1 aliphatic rings. The lowest BCUT2D eigenvalue weighted by molar-refractivity contribution is -0.117. The summed E-state index contributed by atoms with van der Waals surface area (Å²) in [6.45, 7) is 0. The number of carbonyl (C=O) groups is 1. The smallest absolute Gasteiger partial charge is 0.221 e. The van der Waals surface area contributed by atoms with E-state index in [1.54, 1.807) is 12.5 Å². The molecule has 0 saturated heterocycles. The van der Waals surface area contributed by atoms with Crippen LogP contribution in [-0.2, 0) is 11.2 Å². The minimum Gasteiger partial charge on any atom is -0.448 e. The lowest BCUT2D eigenvalue weighted by Crippen LogP contribution is -2.14. The molecule has 0 spiro atoms. The third kappa shape index (κ3) is 1.56. The molecule has 0 aliphatic carbocycles. The third-order valence-corrected chi connectivity index (χ3v) is 1.97. The van der Waals surface area contributed by atoms with E-state index in [4.69, 9.17) is 10.2 Å². The Bertz CT molecular complexity index is 365. The maximum atomic E-state index is 10.6. The summed E-state index contributed by atoms with van der Waals surface area (Å²) in [6, 6.07) is 1.89. The molecule has 3 N–H and O–H groups in total. The highest BCUT2D eigenvalue weighted by atomic mass is 16.3. The van der Waals surface area contributed by atoms with Crippen LogP contribution in [0.3, 0.4) is 0 Å². The van der Waals surface area contributed by atoms with E-state index >= 15 is 0 Å². The average molecular weight is 178 g/mol. The van der Waals surface area contributed by atoms with Crippen molar-refractivity contribution in [2.45, 2.75) is 12.8 Å². The lowest BCUT2D eigenvalue weighted by Gasteiger charge is -2.11. The van der Waals surface area contributed by atoms with E-state index in [0.29, 0.717) is 6.42 Å². The fraction of sp³-hybridized carbons (Fsp3) is 0.222. The molecule has 4 heteroatoms. The first-order chi connectivity index (χ1) is 6.25. The molecule has 0 aromatic carbocycles. The second kappa shape index (κ2) is 2.97. The Kier molecular flexibility index (Phi) is 1.81. The topological polar surface area (TPSA) is 68.3 Å². The SMILES string of the molecule is NC(=O)CC1=CNc2occc2C1. The summed E-state index contributed by atoms with van der Waals surface area (Å²) < 4.78 is 5.14. The molecule has 0 bridgehead atoms. The normalized spacial score (nSPS) is 14.3. The molecule has 0 saturated carbocycles. The Morgan fingerprint density at radius 1 is 1.69 bits per heavy atom. The molecular weight excluding hydrogens is 168 g/mol. The van der Waals surface area contributed by atoms with Crippen LogP contribution in [0, 0.1) is 0 Å². The molecule has 0 unspecified atom stereocenters. The summed E-state index contributed by atoms with van der Waals surface area (Å²) in [4.78, 5) is 10.6. The van der Waals surface area contributed by atoms with Crippen LogP contribution in [0.25, 0.3) is 0 Å². The Morgan fingerprint density at radius 3 is 3.31 bits per heavy atom. The second-order valence-corrected chi connectivity index (χ2v) is 3.04. The Morgan fingerprint density at radius 2 is 2.54 bits per heavy atom. The third-order valence-electron chi connectivity index (χ3n) is 1.97. The summed E-state index contributed by atoms with van der Waals surface area (Å²) in [5, 5.41) is 2.96. The summed E-state index contributed by atoms with van der Waals surface area (Å²) in [5.74, 6) is 0.452. The monoisotopic (exact) mass is 178 g/mol. The Hall–Kier alpha value is -1.71. The van der Waals surface area contributed by atoms with Gasteiger partial charge in [0, 0.05) is 24.6 Å². The van der Waals surface area contributed by atoms with Crippen LogP contribution < -0.4 is 11.1 Å². The van der Waals surface area contributed by atoms with E-state index in [9.17, 15) is 4.79 Å². The van der Waals surface area contributed by atoms with Crippen LogP contribution in [0.4, 0.5) is 5.88 Å². The highest BCUT2D eigenvalue weighted by Crippen LogP contribution is 2.25. The number of amides is 1. The number of hydrogen-bond donors (Lipinski definition) is 2. The van der Waals surface area contributed by atoms with E-state index < -0.39 is 0 Å². The summed E-state index contributed by atoms with van der Waals surface area (Å²) >= 11 is 0. The van der Waals surface area contributed by atoms with Crippen molar-refractivity contribution in [3.05, 3.63) is 29.7 Å². The molecule has 0 radical (unpaired) electrons. The van der Waals surface area contributed by atoms with Gasteiger partial charge in [0.05, 0.1) is 6.26 Å². The maximum absolute atomic E-state index is 10.6. The summed E-state index contributed by atoms with van der Waals surface area (Å²) in [7, 11) is 0. The molecule has 68 valence electrons. The van der Waals surface area contributed by atoms with Gasteiger partial charge in [0.1, 0.15) is 0 Å². The van der Waals surface area contributed by atoms with E-state index in [1.807, 2.05) is 6.07 Å². The van der Waals surface area contributed by atoms with Crippen molar-refractivity contribution < 1.29 is 9.21 Å². The van der Waals surface area contributed by atoms with Gasteiger partial charge in [0.15, 0.2) is 5.88 Å². The highest BCUT2D eigenvalue weighted by Gasteiger charge is 2.14. The predicted molar refractivity (Wildman–Crippen MR) is 47.9 cm³/mol. The second-order valence-electron chi connectivity index (χ2n) is 3.04. The van der Waals surface area contributed by atoms with Crippen LogP contribution in [0.2, 0.25) is 0 Å². The first-order valence-corrected chi connectivity index (χ1v) is 4.05. The summed E-state index contributed by atoms with van der Waals surface area (Å²) in [5.41, 5.74) is 7.14. The van der Waals surface area contributed by atoms with Gasteiger partial charge >= 0.3 is 0 Å². The molecule has 1 aromatic rings. The lowest BCUT2D eigenvalue weighted by atomic mass is 10.0. The number of hydrogen-bond acceptors (Lipinski definition) is 3. The molecule has 4 nitrogen and oxygen atoms in total. The van der Waals surface area contributed by atoms with Crippen molar-refractivity contribution in [3.8, 4) is 0 Å². The molecule has 0 atom stereocenters. The van der Waals surface area contributed by atoms with Crippen LogP contribution in [0.5, 0.6) is 0 Å². The molecule has 2 rings (SSSR count). The number of primary amides is 1. The minimum absolute atomic E-state index is 0.303. The van der Waals surface area contributed by atoms with Crippen LogP contribution in [-0.4, -0.2) is 5.91 Å². The zero-order valence-corrected chi connectivity index (χ0v) is 7.04. The number of nitrogens with two attached hydrogens (primary N) is 1. The number of carbonyl (C=O) groups excluding carboxylic acids is 1. The van der Waals surface area contributed by atoms with Crippen molar-refractivity contribution in [1.82, 2.24) is 0 Å². The van der Waals surface area contributed by atoms with Gasteiger partial charge in [-0.1, -0.05) is 0 Å². The molecule has 1 aliphatic heterocycles. The van der Waals surface area contributed by atoms with E-state index in [0.717, 1.165) is 23.4 Å². The standard InChI is InChI=1S/C9H10N2O2/c10-8(12)4-6-3-7-1-2-13-9(7)11-5-6/h1-2,5,11H,3-4H2,(H2,10,12). The van der Waals surface area contributed by atoms with Gasteiger partial charge in [-0.15, -0.1) is 0 Å². The van der Waals surface area contributed by atoms with Gasteiger partial charge in [-0.2, -0.15) is 0 Å². The van der Waals surface area contributed by atoms with E-state index in [1.165, 1.54) is 0 Å². The zero-order chi connectivity index (χ0) is 9.26. The molecule has 2 heterocycles. The number of furan rings is 1. The average Bonchev–Trinajstić information content (AvgIpc) is 2.49. The first-order valence-electron chi connectivity index (χ1n) is 4.05. The van der Waals surface area contributed by atoms with Crippen molar-refractivity contribution in [2.24, 2.45) is 5.73 Å². The molecule has 1 amide bonds. The highest BCUT2D eigenvalue weighted by molar-refractivity contribution is 5.77. The molecule has 0 fully saturated rings. The summed E-state index contributed by atoms with van der Waals surface area (Å²) in [6.07, 6.45) is 4.44. The fourth-order valence-corrected chi connectivity index (χ4v) is 1.40. The van der Waals surface area contributed by atoms with Crippen LogP contribution in [0.15, 0.2) is 28.5 Å². The zero-order valence-electron chi connectivity index (χ0n) is 7.04. The van der Waals surface area contributed by atoms with Crippen LogP contribution in [0.1, 0.15) is 12.0 Å². The number of anilines is 1. The Labute approximate surface area is 75.4 Å². The number of rotatable bonds is 2. The molecule has 13 heavy (non-hydrogen) atoms. The molecular formula is C9H10N2O2. The predicted octanol–water partition coefficient (Wildman–Crippen LogP) is 1.01. The first kappa shape index (κ1) is 7.91. The van der Waals surface area contributed by atoms with Gasteiger partial charge in [0.2, 0.25) is 5.91 Å². The quantitative estimate of drug-likeness (QED) is 0.710. The number of fused-ring (bicyclic) bond motifs is 1. The van der Waals surface area contributed by atoms with Crippen molar-refractivity contribution in [2.75, 3.05) is 5.32 Å². The van der Waals surface area contributed by atoms with E-state index in [-0.39, 0.29) is 5.91 Å². The van der Waals surface area contributed by atoms with Gasteiger partial charge in [0.25, 0.3) is 0 Å². The fourth-order valence-electron chi connectivity index (χ4n) is 1.40. The largest absolute Gasteiger partial charge is 0.448 e. The number of nitrogens with one attached hydrogen (secondary N) is 1. The van der Waals surface area contributed by atoms with Gasteiger partial charge in [-0.25, -0.2) is 0 Å². The van der Waals surface area contributed by atoms with Gasteiger partial charge < -0.3 is 15.5 Å². The Balaban J connectivity index is 2.12. The van der Waals surface area contributed by atoms with Crippen LogP contribution >= 0.6 is 0 Å². The van der Waals surface area contributed by atoms with E-state index in [2.05, 4.69) is 5.32 Å². The van der Waals surface area contributed by atoms with Crippen molar-refractivity contribution in [3.63, 3.8) is 0 Å². The minimum atomic E-state index is -0.306. The van der Waals surface area contributed by atoms with Crippen molar-refractivity contribution in [1.29, 1.82) is 0 Å². The van der Waals surface area contributed by atoms with Gasteiger partial charge in [-0.05, 0) is 11.6 Å². The van der Waals surface area contributed by atoms with Gasteiger partial charge in [-0.3, -0.25) is 4.79 Å². The maximum Gasteiger partial charge on any atom is 0.221 e.